The van der Waals surface area contributed by atoms with Crippen LogP contribution in [0.5, 0.6) is 0 Å². The molecule has 0 aliphatic heterocycles. The third-order valence-electron chi connectivity index (χ3n) is 4.05. The van der Waals surface area contributed by atoms with E-state index in [1.165, 1.54) is 0 Å². The van der Waals surface area contributed by atoms with Crippen LogP contribution in [0.4, 0.5) is 0 Å². The summed E-state index contributed by atoms with van der Waals surface area (Å²) in [6, 6.07) is 0. The van der Waals surface area contributed by atoms with Gasteiger partial charge in [-0.2, -0.15) is 0 Å². The summed E-state index contributed by atoms with van der Waals surface area (Å²) in [5.41, 5.74) is 0.395. The molecule has 0 spiro atoms. The number of likely N-dealkylation sites (N-methyl/N-ethyl adjacent to an activating group) is 1. The third-order valence-corrected chi connectivity index (χ3v) is 4.05. The van der Waals surface area contributed by atoms with Gasteiger partial charge >= 0.3 is 0 Å². The molecule has 0 radical (unpaired) electrons. The fraction of sp³-hybridized carbons (Fsp3) is 0.786. The molecule has 0 bridgehead atoms. The lowest BCUT2D eigenvalue weighted by Crippen LogP contribution is -2.54. The number of aromatic nitrogens is 3. The van der Waals surface area contributed by atoms with E-state index in [1.807, 2.05) is 13.2 Å². The van der Waals surface area contributed by atoms with Gasteiger partial charge in [0.1, 0.15) is 0 Å². The Hall–Kier alpha value is -1.23. The van der Waals surface area contributed by atoms with Crippen LogP contribution in [0.3, 0.4) is 0 Å². The van der Waals surface area contributed by atoms with E-state index in [4.69, 9.17) is 0 Å². The predicted molar refractivity (Wildman–Crippen MR) is 75.9 cm³/mol. The van der Waals surface area contributed by atoms with Crippen LogP contribution in [-0.2, 0) is 18.3 Å². The first kappa shape index (κ1) is 15.8. The highest BCUT2D eigenvalue weighted by molar-refractivity contribution is 5.89. The van der Waals surface area contributed by atoms with Crippen molar-refractivity contribution in [3.8, 4) is 0 Å². The van der Waals surface area contributed by atoms with Crippen LogP contribution in [0.1, 0.15) is 46.2 Å². The van der Waals surface area contributed by atoms with E-state index in [0.717, 1.165) is 31.6 Å². The molecule has 0 saturated carbocycles. The number of carbonyl (C=O) groups excluding carboxylic acids is 1. The quantitative estimate of drug-likeness (QED) is 0.720. The predicted octanol–water partition coefficient (Wildman–Crippen LogP) is 1.83. The van der Waals surface area contributed by atoms with E-state index < -0.39 is 0 Å². The Kier molecular flexibility index (Phi) is 5.66. The lowest BCUT2D eigenvalue weighted by atomic mass is 9.83. The number of Topliss-reactive ketones (excluding diaryl/α,β-unsaturated/α-hetero) is 1. The van der Waals surface area contributed by atoms with Gasteiger partial charge in [0, 0.05) is 13.2 Å². The molecular formula is C14H26N4O. The van der Waals surface area contributed by atoms with E-state index in [2.05, 4.69) is 42.9 Å². The summed E-state index contributed by atoms with van der Waals surface area (Å²) in [5, 5.41) is 7.91. The Morgan fingerprint density at radius 2 is 1.84 bits per heavy atom. The maximum atomic E-state index is 12.7. The number of hydrogen-bond acceptors (Lipinski definition) is 4. The Morgan fingerprint density at radius 3 is 2.21 bits per heavy atom. The standard InChI is InChI=1S/C14H26N4O/c1-6-14(7-2,18(8-3)9-4)13(19)10-12-11-17(5)16-15-12/h11H,6-10H2,1-5H3. The van der Waals surface area contributed by atoms with Gasteiger partial charge in [-0.1, -0.05) is 32.9 Å². The molecule has 0 N–H and O–H groups in total. The molecule has 5 nitrogen and oxygen atoms in total. The highest BCUT2D eigenvalue weighted by atomic mass is 16.1. The van der Waals surface area contributed by atoms with E-state index >= 15 is 0 Å². The van der Waals surface area contributed by atoms with E-state index in [1.54, 1.807) is 4.68 Å². The molecule has 19 heavy (non-hydrogen) atoms. The zero-order valence-corrected chi connectivity index (χ0v) is 12.8. The van der Waals surface area contributed by atoms with Gasteiger partial charge in [0.05, 0.1) is 17.7 Å². The minimum absolute atomic E-state index is 0.252. The zero-order chi connectivity index (χ0) is 14.5. The van der Waals surface area contributed by atoms with Crippen LogP contribution in [0, 0.1) is 0 Å². The van der Waals surface area contributed by atoms with Crippen LogP contribution in [0.15, 0.2) is 6.20 Å². The molecule has 1 aromatic rings. The van der Waals surface area contributed by atoms with Gasteiger partial charge in [-0.25, -0.2) is 0 Å². The number of rotatable bonds is 8. The van der Waals surface area contributed by atoms with Crippen molar-refractivity contribution in [1.29, 1.82) is 0 Å². The Balaban J connectivity index is 2.94. The summed E-state index contributed by atoms with van der Waals surface area (Å²) in [6.45, 7) is 10.2. The second kappa shape index (κ2) is 6.80. The van der Waals surface area contributed by atoms with Crippen molar-refractivity contribution in [2.24, 2.45) is 7.05 Å². The highest BCUT2D eigenvalue weighted by Crippen LogP contribution is 2.26. The second-order valence-electron chi connectivity index (χ2n) is 4.89. The largest absolute Gasteiger partial charge is 0.297 e. The SMILES string of the molecule is CCN(CC)C(CC)(CC)C(=O)Cc1cn(C)nn1. The van der Waals surface area contributed by atoms with Crippen molar-refractivity contribution >= 4 is 5.78 Å². The lowest BCUT2D eigenvalue weighted by Gasteiger charge is -2.40. The average Bonchev–Trinajstić information content (AvgIpc) is 2.81. The molecule has 0 amide bonds. The number of aryl methyl sites for hydroxylation is 1. The van der Waals surface area contributed by atoms with Crippen molar-refractivity contribution < 1.29 is 4.79 Å². The molecular weight excluding hydrogens is 240 g/mol. The first-order chi connectivity index (χ1) is 9.03. The highest BCUT2D eigenvalue weighted by Gasteiger charge is 2.39. The minimum atomic E-state index is -0.360. The van der Waals surface area contributed by atoms with Gasteiger partial charge in [-0.3, -0.25) is 14.4 Å². The molecule has 0 saturated heterocycles. The molecule has 1 aromatic heterocycles. The number of ketones is 1. The van der Waals surface area contributed by atoms with Crippen LogP contribution < -0.4 is 0 Å². The molecule has 0 atom stereocenters. The minimum Gasteiger partial charge on any atom is -0.297 e. The van der Waals surface area contributed by atoms with Crippen LogP contribution in [-0.4, -0.2) is 44.3 Å². The Labute approximate surface area is 116 Å². The van der Waals surface area contributed by atoms with Gasteiger partial charge in [-0.05, 0) is 25.9 Å². The normalized spacial score (nSPS) is 12.1. The third kappa shape index (κ3) is 3.21. The van der Waals surface area contributed by atoms with Gasteiger partial charge in [0.25, 0.3) is 0 Å². The van der Waals surface area contributed by atoms with Gasteiger partial charge in [0.2, 0.25) is 0 Å². The summed E-state index contributed by atoms with van der Waals surface area (Å²) < 4.78 is 1.64. The second-order valence-corrected chi connectivity index (χ2v) is 4.89. The van der Waals surface area contributed by atoms with Crippen molar-refractivity contribution in [3.05, 3.63) is 11.9 Å². The smallest absolute Gasteiger partial charge is 0.159 e. The molecule has 108 valence electrons. The fourth-order valence-corrected chi connectivity index (χ4v) is 2.90. The van der Waals surface area contributed by atoms with E-state index in [-0.39, 0.29) is 11.3 Å². The van der Waals surface area contributed by atoms with Gasteiger partial charge in [0.15, 0.2) is 5.78 Å². The van der Waals surface area contributed by atoms with Crippen LogP contribution >= 0.6 is 0 Å². The summed E-state index contributed by atoms with van der Waals surface area (Å²) in [7, 11) is 1.82. The van der Waals surface area contributed by atoms with Crippen LogP contribution in [0.25, 0.3) is 0 Å². The number of hydrogen-bond donors (Lipinski definition) is 0. The summed E-state index contributed by atoms with van der Waals surface area (Å²) in [4.78, 5) is 15.0. The average molecular weight is 266 g/mol. The molecule has 1 heterocycles. The molecule has 0 aliphatic rings. The lowest BCUT2D eigenvalue weighted by molar-refractivity contribution is -0.131. The van der Waals surface area contributed by atoms with E-state index in [9.17, 15) is 4.79 Å². The first-order valence-electron chi connectivity index (χ1n) is 7.17. The van der Waals surface area contributed by atoms with Crippen molar-refractivity contribution in [1.82, 2.24) is 19.9 Å². The summed E-state index contributed by atoms with van der Waals surface area (Å²) in [6.07, 6.45) is 3.86. The molecule has 5 heteroatoms. The van der Waals surface area contributed by atoms with Crippen LogP contribution in [0.2, 0.25) is 0 Å². The molecule has 0 aliphatic carbocycles. The number of carbonyl (C=O) groups is 1. The van der Waals surface area contributed by atoms with Crippen molar-refractivity contribution in [2.75, 3.05) is 13.1 Å². The fourth-order valence-electron chi connectivity index (χ4n) is 2.90. The zero-order valence-electron chi connectivity index (χ0n) is 12.8. The monoisotopic (exact) mass is 266 g/mol. The van der Waals surface area contributed by atoms with E-state index in [0.29, 0.717) is 6.42 Å². The summed E-state index contributed by atoms with van der Waals surface area (Å²) in [5.74, 6) is 0.252. The van der Waals surface area contributed by atoms with Gasteiger partial charge in [-0.15, -0.1) is 5.10 Å². The maximum Gasteiger partial charge on any atom is 0.159 e. The first-order valence-corrected chi connectivity index (χ1v) is 7.17. The van der Waals surface area contributed by atoms with Gasteiger partial charge < -0.3 is 0 Å². The summed E-state index contributed by atoms with van der Waals surface area (Å²) >= 11 is 0. The molecule has 1 rings (SSSR count). The topological polar surface area (TPSA) is 51.0 Å². The maximum absolute atomic E-state index is 12.7. The Morgan fingerprint density at radius 1 is 1.26 bits per heavy atom. The molecule has 0 fully saturated rings. The number of nitrogens with zero attached hydrogens (tertiary/aromatic N) is 4. The van der Waals surface area contributed by atoms with Crippen molar-refractivity contribution in [2.45, 2.75) is 52.5 Å². The Bertz CT molecular complexity index is 405. The van der Waals surface area contributed by atoms with Crippen molar-refractivity contribution in [3.63, 3.8) is 0 Å². The molecule has 0 aromatic carbocycles. The molecule has 0 unspecified atom stereocenters.